The highest BCUT2D eigenvalue weighted by Crippen LogP contribution is 2.23. The minimum absolute atomic E-state index is 0.257. The Morgan fingerprint density at radius 2 is 2.21 bits per heavy atom. The van der Waals surface area contributed by atoms with Crippen LogP contribution in [0.15, 0.2) is 23.4 Å². The Morgan fingerprint density at radius 1 is 1.47 bits per heavy atom. The summed E-state index contributed by atoms with van der Waals surface area (Å²) in [5.74, 6) is -0.437. The van der Waals surface area contributed by atoms with Gasteiger partial charge in [-0.1, -0.05) is 6.92 Å². The van der Waals surface area contributed by atoms with E-state index in [-0.39, 0.29) is 11.9 Å². The lowest BCUT2D eigenvalue weighted by atomic mass is 10.2. The summed E-state index contributed by atoms with van der Waals surface area (Å²) in [5, 5.41) is 0.566. The van der Waals surface area contributed by atoms with Crippen molar-refractivity contribution in [2.24, 2.45) is 5.92 Å². The zero-order valence-corrected chi connectivity index (χ0v) is 12.0. The van der Waals surface area contributed by atoms with E-state index < -0.39 is 5.97 Å². The Balaban J connectivity index is 2.73. The van der Waals surface area contributed by atoms with Crippen molar-refractivity contribution in [1.29, 1.82) is 0 Å². The summed E-state index contributed by atoms with van der Waals surface area (Å²) in [6.45, 7) is 3.84. The molecule has 1 unspecified atom stereocenters. The number of carbonyl (C=O) groups is 2. The average molecular weight is 283 g/mol. The first kappa shape index (κ1) is 15.5. The Bertz CT molecular complexity index is 450. The van der Waals surface area contributed by atoms with Gasteiger partial charge >= 0.3 is 11.9 Å². The molecule has 5 nitrogen and oxygen atoms in total. The highest BCUT2D eigenvalue weighted by atomic mass is 32.2. The van der Waals surface area contributed by atoms with Gasteiger partial charge in [0.25, 0.3) is 0 Å². The van der Waals surface area contributed by atoms with Crippen molar-refractivity contribution >= 4 is 23.7 Å². The SMILES string of the molecule is CCOC(=O)c1cccnc1SCC(C)C(=O)OC. The maximum atomic E-state index is 11.7. The van der Waals surface area contributed by atoms with Crippen molar-refractivity contribution in [3.63, 3.8) is 0 Å². The highest BCUT2D eigenvalue weighted by Gasteiger charge is 2.17. The third-order valence-electron chi connectivity index (χ3n) is 2.34. The lowest BCUT2D eigenvalue weighted by Crippen LogP contribution is -2.15. The number of ether oxygens (including phenoxy) is 2. The van der Waals surface area contributed by atoms with Crippen LogP contribution >= 0.6 is 11.8 Å². The molecule has 0 aliphatic rings. The van der Waals surface area contributed by atoms with Crippen LogP contribution in [0.5, 0.6) is 0 Å². The van der Waals surface area contributed by atoms with Gasteiger partial charge in [0.15, 0.2) is 0 Å². The lowest BCUT2D eigenvalue weighted by molar-refractivity contribution is -0.143. The topological polar surface area (TPSA) is 65.5 Å². The van der Waals surface area contributed by atoms with Gasteiger partial charge in [0.1, 0.15) is 5.03 Å². The van der Waals surface area contributed by atoms with E-state index in [9.17, 15) is 9.59 Å². The highest BCUT2D eigenvalue weighted by molar-refractivity contribution is 7.99. The fourth-order valence-corrected chi connectivity index (χ4v) is 2.33. The second kappa shape index (κ2) is 7.78. The van der Waals surface area contributed by atoms with Crippen LogP contribution in [0.3, 0.4) is 0 Å². The second-order valence-corrected chi connectivity index (χ2v) is 4.82. The molecule has 0 fully saturated rings. The van der Waals surface area contributed by atoms with Crippen LogP contribution in [0.4, 0.5) is 0 Å². The number of esters is 2. The molecule has 0 saturated heterocycles. The molecule has 0 bridgehead atoms. The van der Waals surface area contributed by atoms with Crippen molar-refractivity contribution in [3.8, 4) is 0 Å². The first-order chi connectivity index (χ1) is 9.10. The molecule has 1 heterocycles. The van der Waals surface area contributed by atoms with E-state index in [4.69, 9.17) is 4.74 Å². The molecule has 1 rings (SSSR count). The van der Waals surface area contributed by atoms with Crippen molar-refractivity contribution in [1.82, 2.24) is 4.98 Å². The van der Waals surface area contributed by atoms with Crippen LogP contribution in [0.2, 0.25) is 0 Å². The summed E-state index contributed by atoms with van der Waals surface area (Å²) < 4.78 is 9.61. The molecule has 0 amide bonds. The van der Waals surface area contributed by atoms with Gasteiger partial charge in [-0.25, -0.2) is 9.78 Å². The molecule has 0 spiro atoms. The quantitative estimate of drug-likeness (QED) is 0.589. The molecule has 6 heteroatoms. The fraction of sp³-hybridized carbons (Fsp3) is 0.462. The molecule has 1 atom stereocenters. The van der Waals surface area contributed by atoms with E-state index in [1.54, 1.807) is 32.2 Å². The molecule has 0 aliphatic carbocycles. The third kappa shape index (κ3) is 4.55. The van der Waals surface area contributed by atoms with E-state index in [1.807, 2.05) is 0 Å². The summed E-state index contributed by atoms with van der Waals surface area (Å²) in [5.41, 5.74) is 0.423. The Labute approximate surface area is 116 Å². The Kier molecular flexibility index (Phi) is 6.35. The first-order valence-corrected chi connectivity index (χ1v) is 6.91. The third-order valence-corrected chi connectivity index (χ3v) is 3.61. The molecule has 1 aromatic heterocycles. The van der Waals surface area contributed by atoms with Crippen LogP contribution in [-0.2, 0) is 14.3 Å². The molecule has 0 N–H and O–H groups in total. The number of hydrogen-bond acceptors (Lipinski definition) is 6. The second-order valence-electron chi connectivity index (χ2n) is 3.81. The summed E-state index contributed by atoms with van der Waals surface area (Å²) in [6.07, 6.45) is 1.61. The number of pyridine rings is 1. The molecule has 1 aromatic rings. The van der Waals surface area contributed by atoms with Gasteiger partial charge in [0, 0.05) is 11.9 Å². The number of thioether (sulfide) groups is 1. The van der Waals surface area contributed by atoms with Gasteiger partial charge in [-0.2, -0.15) is 0 Å². The van der Waals surface area contributed by atoms with Gasteiger partial charge in [-0.15, -0.1) is 11.8 Å². The maximum absolute atomic E-state index is 11.7. The van der Waals surface area contributed by atoms with E-state index in [2.05, 4.69) is 9.72 Å². The van der Waals surface area contributed by atoms with E-state index in [0.29, 0.717) is 22.9 Å². The molecule has 104 valence electrons. The number of rotatable bonds is 6. The molecular weight excluding hydrogens is 266 g/mol. The maximum Gasteiger partial charge on any atom is 0.340 e. The van der Waals surface area contributed by atoms with Crippen molar-refractivity contribution in [2.45, 2.75) is 18.9 Å². The zero-order valence-electron chi connectivity index (χ0n) is 11.2. The number of aromatic nitrogens is 1. The Morgan fingerprint density at radius 3 is 2.84 bits per heavy atom. The molecule has 0 aliphatic heterocycles. The van der Waals surface area contributed by atoms with E-state index in [1.165, 1.54) is 18.9 Å². The summed E-state index contributed by atoms with van der Waals surface area (Å²) in [6, 6.07) is 3.34. The number of nitrogens with zero attached hydrogens (tertiary/aromatic N) is 1. The fourth-order valence-electron chi connectivity index (χ4n) is 1.34. The Hall–Kier alpha value is -1.56. The van der Waals surface area contributed by atoms with E-state index in [0.717, 1.165) is 0 Å². The number of methoxy groups -OCH3 is 1. The molecule has 0 radical (unpaired) electrons. The molecule has 0 saturated carbocycles. The average Bonchev–Trinajstić information content (AvgIpc) is 2.44. The van der Waals surface area contributed by atoms with Crippen molar-refractivity contribution in [2.75, 3.05) is 19.5 Å². The van der Waals surface area contributed by atoms with Gasteiger partial charge in [0.05, 0.1) is 25.2 Å². The lowest BCUT2D eigenvalue weighted by Gasteiger charge is -2.10. The smallest absolute Gasteiger partial charge is 0.340 e. The largest absolute Gasteiger partial charge is 0.469 e. The zero-order chi connectivity index (χ0) is 14.3. The number of hydrogen-bond donors (Lipinski definition) is 0. The summed E-state index contributed by atoms with van der Waals surface area (Å²) in [4.78, 5) is 27.2. The molecule has 0 aromatic carbocycles. The number of carbonyl (C=O) groups excluding carboxylic acids is 2. The van der Waals surface area contributed by atoms with Gasteiger partial charge in [-0.05, 0) is 19.1 Å². The van der Waals surface area contributed by atoms with Gasteiger partial charge in [0.2, 0.25) is 0 Å². The van der Waals surface area contributed by atoms with Crippen LogP contribution in [0.25, 0.3) is 0 Å². The summed E-state index contributed by atoms with van der Waals surface area (Å²) in [7, 11) is 1.36. The monoisotopic (exact) mass is 283 g/mol. The van der Waals surface area contributed by atoms with Gasteiger partial charge in [-0.3, -0.25) is 4.79 Å². The van der Waals surface area contributed by atoms with E-state index >= 15 is 0 Å². The van der Waals surface area contributed by atoms with Crippen LogP contribution in [0, 0.1) is 5.92 Å². The minimum atomic E-state index is -0.399. The van der Waals surface area contributed by atoms with Gasteiger partial charge < -0.3 is 9.47 Å². The molecule has 19 heavy (non-hydrogen) atoms. The minimum Gasteiger partial charge on any atom is -0.469 e. The first-order valence-electron chi connectivity index (χ1n) is 5.92. The summed E-state index contributed by atoms with van der Waals surface area (Å²) >= 11 is 1.34. The predicted molar refractivity (Wildman–Crippen MR) is 72.1 cm³/mol. The van der Waals surface area contributed by atoms with Crippen molar-refractivity contribution < 1.29 is 19.1 Å². The van der Waals surface area contributed by atoms with Crippen molar-refractivity contribution in [3.05, 3.63) is 23.9 Å². The predicted octanol–water partition coefficient (Wildman–Crippen LogP) is 2.16. The standard InChI is InChI=1S/C13H17NO4S/c1-4-18-13(16)10-6-5-7-14-11(10)19-8-9(2)12(15)17-3/h5-7,9H,4,8H2,1-3H3. The van der Waals surface area contributed by atoms with Crippen LogP contribution in [0.1, 0.15) is 24.2 Å². The van der Waals surface area contributed by atoms with Crippen LogP contribution < -0.4 is 0 Å². The molecular formula is C13H17NO4S. The normalized spacial score (nSPS) is 11.7. The van der Waals surface area contributed by atoms with Crippen LogP contribution in [-0.4, -0.2) is 36.4 Å².